The maximum Gasteiger partial charge on any atom is 0.222 e. The van der Waals surface area contributed by atoms with E-state index in [-0.39, 0.29) is 0 Å². The summed E-state index contributed by atoms with van der Waals surface area (Å²) >= 11 is 0. The van der Waals surface area contributed by atoms with Crippen molar-refractivity contribution in [3.05, 3.63) is 102 Å². The van der Waals surface area contributed by atoms with Gasteiger partial charge in [0.2, 0.25) is 5.91 Å². The zero-order valence-corrected chi connectivity index (χ0v) is 18.5. The summed E-state index contributed by atoms with van der Waals surface area (Å²) in [5.41, 5.74) is 3.89. The topological polar surface area (TPSA) is 36.4 Å². The lowest BCUT2D eigenvalue weighted by molar-refractivity contribution is -0.130. The molecule has 4 heteroatoms. The van der Waals surface area contributed by atoms with E-state index in [1.807, 2.05) is 18.3 Å². The Hall–Kier alpha value is -2.98. The Bertz CT molecular complexity index is 955. The average molecular weight is 426 g/mol. The molecule has 2 aliphatic heterocycles. The molecule has 0 N–H and O–H groups in total. The van der Waals surface area contributed by atoms with Crippen molar-refractivity contribution in [2.24, 2.45) is 11.8 Å². The van der Waals surface area contributed by atoms with Crippen molar-refractivity contribution in [1.82, 2.24) is 14.8 Å². The molecule has 2 aromatic carbocycles. The lowest BCUT2D eigenvalue weighted by Gasteiger charge is -2.26. The number of carbonyl (C=O) groups excluding carboxylic acids is 1. The zero-order valence-electron chi connectivity index (χ0n) is 18.5. The second-order valence-corrected chi connectivity index (χ2v) is 9.27. The van der Waals surface area contributed by atoms with Gasteiger partial charge in [-0.2, -0.15) is 0 Å². The third-order valence-electron chi connectivity index (χ3n) is 7.11. The highest BCUT2D eigenvalue weighted by atomic mass is 16.2. The molecular weight excluding hydrogens is 394 g/mol. The number of nitrogens with zero attached hydrogens (tertiary/aromatic N) is 3. The number of rotatable bonds is 7. The Balaban J connectivity index is 1.18. The van der Waals surface area contributed by atoms with Crippen molar-refractivity contribution in [2.75, 3.05) is 32.7 Å². The standard InChI is InChI=1S/C28H31N3O/c32-28(14-13-22-8-7-15-29-16-22)31-19-25-17-30(18-26(25)20-31)21-27(23-9-3-1-4-10-23)24-11-5-2-6-12-24/h1-12,15-16,25-27H,13-14,17-21H2/t25-,26-/m1/s1. The molecule has 1 aromatic heterocycles. The number of carbonyl (C=O) groups is 1. The molecule has 32 heavy (non-hydrogen) atoms. The highest BCUT2D eigenvalue weighted by Crippen LogP contribution is 2.34. The number of hydrogen-bond acceptors (Lipinski definition) is 3. The van der Waals surface area contributed by atoms with Gasteiger partial charge in [0.05, 0.1) is 0 Å². The Labute approximate surface area is 190 Å². The fraction of sp³-hybridized carbons (Fsp3) is 0.357. The predicted octanol–water partition coefficient (Wildman–Crippen LogP) is 4.24. The molecule has 0 saturated carbocycles. The summed E-state index contributed by atoms with van der Waals surface area (Å²) in [7, 11) is 0. The number of fused-ring (bicyclic) bond motifs is 1. The molecule has 3 aromatic rings. The third-order valence-corrected chi connectivity index (χ3v) is 7.11. The van der Waals surface area contributed by atoms with Crippen LogP contribution in [0.4, 0.5) is 0 Å². The van der Waals surface area contributed by atoms with Gasteiger partial charge in [0, 0.05) is 57.5 Å². The number of likely N-dealkylation sites (tertiary alicyclic amines) is 2. The molecule has 2 saturated heterocycles. The fourth-order valence-corrected chi connectivity index (χ4v) is 5.43. The molecule has 2 fully saturated rings. The Kier molecular flexibility index (Phi) is 6.31. The Morgan fingerprint density at radius 2 is 1.47 bits per heavy atom. The summed E-state index contributed by atoms with van der Waals surface area (Å²) in [6.07, 6.45) is 5.00. The molecule has 1 amide bonds. The van der Waals surface area contributed by atoms with E-state index in [0.29, 0.717) is 30.1 Å². The summed E-state index contributed by atoms with van der Waals surface area (Å²) in [5.74, 6) is 1.88. The molecule has 4 nitrogen and oxygen atoms in total. The van der Waals surface area contributed by atoms with Crippen LogP contribution in [0.5, 0.6) is 0 Å². The fourth-order valence-electron chi connectivity index (χ4n) is 5.43. The molecule has 3 heterocycles. The number of hydrogen-bond donors (Lipinski definition) is 0. The van der Waals surface area contributed by atoms with Gasteiger partial charge < -0.3 is 9.80 Å². The molecule has 164 valence electrons. The smallest absolute Gasteiger partial charge is 0.222 e. The van der Waals surface area contributed by atoms with E-state index in [4.69, 9.17) is 0 Å². The predicted molar refractivity (Wildman–Crippen MR) is 127 cm³/mol. The average Bonchev–Trinajstić information content (AvgIpc) is 3.42. The number of pyridine rings is 1. The first-order valence-electron chi connectivity index (χ1n) is 11.7. The Morgan fingerprint density at radius 1 is 0.844 bits per heavy atom. The number of amides is 1. The second kappa shape index (κ2) is 9.66. The van der Waals surface area contributed by atoms with Crippen LogP contribution in [0.2, 0.25) is 0 Å². The van der Waals surface area contributed by atoms with Crippen LogP contribution >= 0.6 is 0 Å². The third kappa shape index (κ3) is 4.76. The molecule has 2 aliphatic rings. The largest absolute Gasteiger partial charge is 0.342 e. The summed E-state index contributed by atoms with van der Waals surface area (Å²) < 4.78 is 0. The van der Waals surface area contributed by atoms with Crippen LogP contribution in [0, 0.1) is 11.8 Å². The van der Waals surface area contributed by atoms with Gasteiger partial charge >= 0.3 is 0 Å². The van der Waals surface area contributed by atoms with Gasteiger partial charge in [-0.3, -0.25) is 9.78 Å². The summed E-state index contributed by atoms with van der Waals surface area (Å²) in [5, 5.41) is 0. The number of benzene rings is 2. The number of aryl methyl sites for hydroxylation is 1. The minimum atomic E-state index is 0.293. The minimum Gasteiger partial charge on any atom is -0.342 e. The van der Waals surface area contributed by atoms with Crippen molar-refractivity contribution >= 4 is 5.91 Å². The van der Waals surface area contributed by atoms with Crippen LogP contribution in [0.25, 0.3) is 0 Å². The van der Waals surface area contributed by atoms with Crippen LogP contribution in [-0.4, -0.2) is 53.4 Å². The lowest BCUT2D eigenvalue weighted by Crippen LogP contribution is -2.34. The van der Waals surface area contributed by atoms with E-state index >= 15 is 0 Å². The highest BCUT2D eigenvalue weighted by molar-refractivity contribution is 5.76. The van der Waals surface area contributed by atoms with E-state index in [0.717, 1.165) is 44.7 Å². The zero-order chi connectivity index (χ0) is 21.8. The molecule has 0 bridgehead atoms. The van der Waals surface area contributed by atoms with E-state index in [1.165, 1.54) is 11.1 Å². The minimum absolute atomic E-state index is 0.293. The van der Waals surface area contributed by atoms with Gasteiger partial charge in [-0.25, -0.2) is 0 Å². The first-order chi connectivity index (χ1) is 15.8. The van der Waals surface area contributed by atoms with Crippen LogP contribution < -0.4 is 0 Å². The number of aromatic nitrogens is 1. The van der Waals surface area contributed by atoms with Gasteiger partial charge in [0.25, 0.3) is 0 Å². The van der Waals surface area contributed by atoms with Crippen molar-refractivity contribution in [1.29, 1.82) is 0 Å². The molecular formula is C28H31N3O. The molecule has 0 radical (unpaired) electrons. The molecule has 2 atom stereocenters. The molecule has 0 aliphatic carbocycles. The van der Waals surface area contributed by atoms with Crippen molar-refractivity contribution < 1.29 is 4.79 Å². The summed E-state index contributed by atoms with van der Waals surface area (Å²) in [6, 6.07) is 25.7. The first-order valence-corrected chi connectivity index (χ1v) is 11.7. The van der Waals surface area contributed by atoms with E-state index < -0.39 is 0 Å². The van der Waals surface area contributed by atoms with Gasteiger partial charge in [0.1, 0.15) is 0 Å². The van der Waals surface area contributed by atoms with Crippen molar-refractivity contribution in [3.63, 3.8) is 0 Å². The molecule has 0 unspecified atom stereocenters. The maximum atomic E-state index is 12.8. The second-order valence-electron chi connectivity index (χ2n) is 9.27. The summed E-state index contributed by atoms with van der Waals surface area (Å²) in [4.78, 5) is 21.7. The Morgan fingerprint density at radius 3 is 2.03 bits per heavy atom. The SMILES string of the molecule is O=C(CCc1cccnc1)N1C[C@H]2CN(CC(c3ccccc3)c3ccccc3)C[C@@H]2C1. The van der Waals surface area contributed by atoms with Gasteiger partial charge in [0.15, 0.2) is 0 Å². The normalized spacial score (nSPS) is 20.6. The van der Waals surface area contributed by atoms with Crippen LogP contribution in [0.15, 0.2) is 85.2 Å². The van der Waals surface area contributed by atoms with E-state index in [9.17, 15) is 4.79 Å². The van der Waals surface area contributed by atoms with E-state index in [2.05, 4.69) is 75.4 Å². The molecule has 0 spiro atoms. The maximum absolute atomic E-state index is 12.8. The van der Waals surface area contributed by atoms with Crippen molar-refractivity contribution in [2.45, 2.75) is 18.8 Å². The van der Waals surface area contributed by atoms with Crippen LogP contribution in [-0.2, 0) is 11.2 Å². The van der Waals surface area contributed by atoms with Gasteiger partial charge in [-0.15, -0.1) is 0 Å². The molecule has 5 rings (SSSR count). The highest BCUT2D eigenvalue weighted by Gasteiger charge is 2.41. The summed E-state index contributed by atoms with van der Waals surface area (Å²) in [6.45, 7) is 5.04. The van der Waals surface area contributed by atoms with Gasteiger partial charge in [-0.1, -0.05) is 66.7 Å². The quantitative estimate of drug-likeness (QED) is 0.568. The van der Waals surface area contributed by atoms with E-state index in [1.54, 1.807) is 6.20 Å². The van der Waals surface area contributed by atoms with Crippen molar-refractivity contribution in [3.8, 4) is 0 Å². The first kappa shape index (κ1) is 20.9. The van der Waals surface area contributed by atoms with Crippen LogP contribution in [0.3, 0.4) is 0 Å². The van der Waals surface area contributed by atoms with Gasteiger partial charge in [-0.05, 0) is 41.0 Å². The van der Waals surface area contributed by atoms with Crippen LogP contribution in [0.1, 0.15) is 29.0 Å². The lowest BCUT2D eigenvalue weighted by atomic mass is 9.91. The monoisotopic (exact) mass is 425 g/mol.